The fourth-order valence-corrected chi connectivity index (χ4v) is 2.76. The minimum absolute atomic E-state index is 0.325. The number of ether oxygens (including phenoxy) is 3. The van der Waals surface area contributed by atoms with Crippen LogP contribution in [0.1, 0.15) is 27.7 Å². The van der Waals surface area contributed by atoms with Crippen LogP contribution < -0.4 is 14.8 Å². The Labute approximate surface area is 149 Å². The number of benzene rings is 2. The molecule has 26 heavy (non-hydrogen) atoms. The normalized spacial score (nSPS) is 15.5. The Hall–Kier alpha value is -3.48. The molecule has 134 valence electrons. The van der Waals surface area contributed by atoms with Gasteiger partial charge in [0.05, 0.1) is 14.2 Å². The molecule has 7 nitrogen and oxygen atoms in total. The number of fused-ring (bicyclic) bond motifs is 1. The first kappa shape index (κ1) is 17.3. The minimum Gasteiger partial charge on any atom is -0.493 e. The van der Waals surface area contributed by atoms with Crippen LogP contribution in [0.15, 0.2) is 42.5 Å². The van der Waals surface area contributed by atoms with E-state index in [1.807, 2.05) is 0 Å². The number of aliphatic carboxylic acids is 1. The molecule has 0 spiro atoms. The Kier molecular flexibility index (Phi) is 4.79. The van der Waals surface area contributed by atoms with Crippen LogP contribution in [0.3, 0.4) is 0 Å². The van der Waals surface area contributed by atoms with Gasteiger partial charge in [-0.1, -0.05) is 12.1 Å². The predicted octanol–water partition coefficient (Wildman–Crippen LogP) is 3.08. The maximum atomic E-state index is 12.3. The summed E-state index contributed by atoms with van der Waals surface area (Å²) in [5.41, 5.74) is 2.35. The number of rotatable bonds is 6. The Morgan fingerprint density at radius 1 is 1.23 bits per heavy atom. The average molecular weight is 355 g/mol. The van der Waals surface area contributed by atoms with Gasteiger partial charge in [-0.3, -0.25) is 0 Å². The maximum absolute atomic E-state index is 12.3. The van der Waals surface area contributed by atoms with Gasteiger partial charge in [-0.05, 0) is 35.9 Å². The molecule has 2 N–H and O–H groups in total. The standard InChI is InChI=1S/C19H17NO6/c1-24-14-8-7-13-16(17(14)25-2)19(23)26-18(13)20-12-5-3-4-11(10-12)6-9-15(21)22/h3-10,18,20H,1-2H3,(H,21,22)/b9-6-/t18-/m0/s1. The lowest BCUT2D eigenvalue weighted by atomic mass is 10.1. The van der Waals surface area contributed by atoms with Crippen molar-refractivity contribution in [3.63, 3.8) is 0 Å². The molecule has 7 heteroatoms. The van der Waals surface area contributed by atoms with Gasteiger partial charge in [-0.25, -0.2) is 9.59 Å². The van der Waals surface area contributed by atoms with E-state index in [4.69, 9.17) is 19.3 Å². The van der Waals surface area contributed by atoms with E-state index in [0.717, 1.165) is 6.08 Å². The highest BCUT2D eigenvalue weighted by molar-refractivity contribution is 5.98. The van der Waals surface area contributed by atoms with E-state index in [1.54, 1.807) is 36.4 Å². The van der Waals surface area contributed by atoms with Crippen molar-refractivity contribution in [1.82, 2.24) is 0 Å². The lowest BCUT2D eigenvalue weighted by Gasteiger charge is -2.15. The highest BCUT2D eigenvalue weighted by Gasteiger charge is 2.35. The smallest absolute Gasteiger partial charge is 0.344 e. The van der Waals surface area contributed by atoms with Gasteiger partial charge in [0.2, 0.25) is 6.23 Å². The second kappa shape index (κ2) is 7.18. The first-order chi connectivity index (χ1) is 12.5. The van der Waals surface area contributed by atoms with Crippen LogP contribution in [0.25, 0.3) is 6.08 Å². The quantitative estimate of drug-likeness (QED) is 0.607. The van der Waals surface area contributed by atoms with Crippen molar-refractivity contribution in [2.45, 2.75) is 6.23 Å². The van der Waals surface area contributed by atoms with Gasteiger partial charge in [0.15, 0.2) is 11.5 Å². The van der Waals surface area contributed by atoms with E-state index >= 15 is 0 Å². The zero-order chi connectivity index (χ0) is 18.7. The number of nitrogens with one attached hydrogen (secondary N) is 1. The fraction of sp³-hybridized carbons (Fsp3) is 0.158. The number of carboxylic acids is 1. The second-order valence-corrected chi connectivity index (χ2v) is 5.49. The topological polar surface area (TPSA) is 94.1 Å². The third-order valence-corrected chi connectivity index (χ3v) is 3.89. The number of carbonyl (C=O) groups is 2. The molecule has 0 amide bonds. The van der Waals surface area contributed by atoms with Crippen molar-refractivity contribution in [2.24, 2.45) is 0 Å². The summed E-state index contributed by atoms with van der Waals surface area (Å²) in [6.07, 6.45) is 1.85. The lowest BCUT2D eigenvalue weighted by molar-refractivity contribution is -0.131. The number of esters is 1. The Morgan fingerprint density at radius 3 is 2.73 bits per heavy atom. The van der Waals surface area contributed by atoms with Crippen LogP contribution in [0, 0.1) is 0 Å². The van der Waals surface area contributed by atoms with Crippen molar-refractivity contribution in [3.8, 4) is 11.5 Å². The molecule has 0 aliphatic carbocycles. The van der Waals surface area contributed by atoms with Crippen molar-refractivity contribution in [2.75, 3.05) is 19.5 Å². The molecular formula is C19H17NO6. The number of anilines is 1. The molecule has 0 unspecified atom stereocenters. The maximum Gasteiger partial charge on any atom is 0.344 e. The summed E-state index contributed by atoms with van der Waals surface area (Å²) < 4.78 is 15.9. The molecule has 1 aliphatic heterocycles. The van der Waals surface area contributed by atoms with Crippen LogP contribution >= 0.6 is 0 Å². The van der Waals surface area contributed by atoms with Crippen molar-refractivity contribution < 1.29 is 28.9 Å². The van der Waals surface area contributed by atoms with Crippen molar-refractivity contribution >= 4 is 23.7 Å². The van der Waals surface area contributed by atoms with Crippen molar-refractivity contribution in [3.05, 3.63) is 59.2 Å². The van der Waals surface area contributed by atoms with E-state index in [0.29, 0.717) is 33.9 Å². The van der Waals surface area contributed by atoms with E-state index in [1.165, 1.54) is 20.3 Å². The SMILES string of the molecule is COc1ccc2c(c1OC)C(=O)O[C@@H]2Nc1cccc(/C=C\C(=O)O)c1. The number of hydrogen-bond acceptors (Lipinski definition) is 6. The molecule has 2 aromatic rings. The Balaban J connectivity index is 1.89. The molecule has 1 aliphatic rings. The molecule has 0 radical (unpaired) electrons. The van der Waals surface area contributed by atoms with Crippen LogP contribution in [0.4, 0.5) is 5.69 Å². The lowest BCUT2D eigenvalue weighted by Crippen LogP contribution is -2.10. The molecule has 1 heterocycles. The summed E-state index contributed by atoms with van der Waals surface area (Å²) in [6, 6.07) is 10.5. The van der Waals surface area contributed by atoms with Gasteiger partial charge in [0.25, 0.3) is 0 Å². The van der Waals surface area contributed by atoms with Gasteiger partial charge in [-0.2, -0.15) is 0 Å². The first-order valence-corrected chi connectivity index (χ1v) is 7.77. The molecular weight excluding hydrogens is 338 g/mol. The van der Waals surface area contributed by atoms with Gasteiger partial charge in [-0.15, -0.1) is 0 Å². The van der Waals surface area contributed by atoms with Crippen LogP contribution in [-0.4, -0.2) is 31.3 Å². The Bertz CT molecular complexity index is 890. The Morgan fingerprint density at radius 2 is 2.04 bits per heavy atom. The summed E-state index contributed by atoms with van der Waals surface area (Å²) >= 11 is 0. The number of methoxy groups -OCH3 is 2. The minimum atomic E-state index is -1.02. The molecule has 1 atom stereocenters. The molecule has 0 bridgehead atoms. The fourth-order valence-electron chi connectivity index (χ4n) is 2.76. The van der Waals surface area contributed by atoms with Gasteiger partial charge < -0.3 is 24.6 Å². The van der Waals surface area contributed by atoms with E-state index in [2.05, 4.69) is 5.32 Å². The van der Waals surface area contributed by atoms with Crippen LogP contribution in [-0.2, 0) is 9.53 Å². The summed E-state index contributed by atoms with van der Waals surface area (Å²) in [6.45, 7) is 0. The molecule has 0 saturated carbocycles. The molecule has 0 saturated heterocycles. The second-order valence-electron chi connectivity index (χ2n) is 5.49. The number of carboxylic acid groups (broad SMARTS) is 1. The van der Waals surface area contributed by atoms with Crippen molar-refractivity contribution in [1.29, 1.82) is 0 Å². The zero-order valence-corrected chi connectivity index (χ0v) is 14.2. The van der Waals surface area contributed by atoms with Crippen LogP contribution in [0.2, 0.25) is 0 Å². The monoisotopic (exact) mass is 355 g/mol. The van der Waals surface area contributed by atoms with E-state index in [-0.39, 0.29) is 0 Å². The summed E-state index contributed by atoms with van der Waals surface area (Å²) in [7, 11) is 2.96. The van der Waals surface area contributed by atoms with Gasteiger partial charge in [0, 0.05) is 17.3 Å². The van der Waals surface area contributed by atoms with Crippen LogP contribution in [0.5, 0.6) is 11.5 Å². The molecule has 3 rings (SSSR count). The number of carbonyl (C=O) groups excluding carboxylic acids is 1. The molecule has 2 aromatic carbocycles. The zero-order valence-electron chi connectivity index (χ0n) is 14.2. The third kappa shape index (κ3) is 3.32. The summed E-state index contributed by atoms with van der Waals surface area (Å²) in [5, 5.41) is 11.8. The van der Waals surface area contributed by atoms with Gasteiger partial charge in [0.1, 0.15) is 5.56 Å². The number of hydrogen-bond donors (Lipinski definition) is 2. The van der Waals surface area contributed by atoms with E-state index in [9.17, 15) is 9.59 Å². The van der Waals surface area contributed by atoms with E-state index < -0.39 is 18.2 Å². The first-order valence-electron chi connectivity index (χ1n) is 7.77. The summed E-state index contributed by atoms with van der Waals surface area (Å²) in [5.74, 6) is -0.750. The van der Waals surface area contributed by atoms with Gasteiger partial charge >= 0.3 is 11.9 Å². The average Bonchev–Trinajstić information content (AvgIpc) is 2.95. The third-order valence-electron chi connectivity index (χ3n) is 3.89. The highest BCUT2D eigenvalue weighted by Crippen LogP contribution is 2.42. The summed E-state index contributed by atoms with van der Waals surface area (Å²) in [4.78, 5) is 22.9. The number of cyclic esters (lactones) is 1. The molecule has 0 fully saturated rings. The largest absolute Gasteiger partial charge is 0.493 e. The predicted molar refractivity (Wildman–Crippen MR) is 94.4 cm³/mol. The molecule has 0 aromatic heterocycles. The highest BCUT2D eigenvalue weighted by atomic mass is 16.6.